The van der Waals surface area contributed by atoms with Gasteiger partial charge in [-0.2, -0.15) is 5.10 Å². The SMILES string of the molecule is O=C(Nc1ccc(C2=CCNCC2)cc1)c1cccc2ccnn12. The van der Waals surface area contributed by atoms with Gasteiger partial charge < -0.3 is 10.6 Å². The molecule has 1 aromatic carbocycles. The molecule has 3 heterocycles. The number of nitrogens with zero attached hydrogens (tertiary/aromatic N) is 2. The van der Waals surface area contributed by atoms with E-state index in [1.165, 1.54) is 11.1 Å². The minimum atomic E-state index is -0.168. The van der Waals surface area contributed by atoms with Crippen molar-refractivity contribution in [1.82, 2.24) is 14.9 Å². The van der Waals surface area contributed by atoms with Gasteiger partial charge in [-0.25, -0.2) is 4.52 Å². The second-order valence-corrected chi connectivity index (χ2v) is 5.79. The van der Waals surface area contributed by atoms with Crippen LogP contribution in [0.15, 0.2) is 60.8 Å². The lowest BCUT2D eigenvalue weighted by molar-refractivity contribution is 0.102. The summed E-state index contributed by atoms with van der Waals surface area (Å²) in [7, 11) is 0. The monoisotopic (exact) mass is 318 g/mol. The molecule has 5 heteroatoms. The zero-order valence-corrected chi connectivity index (χ0v) is 13.2. The standard InChI is InChI=1S/C19H18N4O/c24-19(18-3-1-2-17-10-13-21-23(17)18)22-16-6-4-14(5-7-16)15-8-11-20-12-9-15/h1-8,10,13,20H,9,11-12H2,(H,22,24). The first-order valence-electron chi connectivity index (χ1n) is 8.05. The van der Waals surface area contributed by atoms with E-state index in [-0.39, 0.29) is 5.91 Å². The molecule has 0 spiro atoms. The summed E-state index contributed by atoms with van der Waals surface area (Å²) < 4.78 is 1.64. The third-order valence-corrected chi connectivity index (χ3v) is 4.23. The number of carbonyl (C=O) groups excluding carboxylic acids is 1. The number of pyridine rings is 1. The van der Waals surface area contributed by atoms with Crippen LogP contribution in [0.25, 0.3) is 11.1 Å². The molecule has 0 radical (unpaired) electrons. The van der Waals surface area contributed by atoms with E-state index < -0.39 is 0 Å². The number of rotatable bonds is 3. The molecule has 0 aliphatic carbocycles. The van der Waals surface area contributed by atoms with Crippen LogP contribution in [0.5, 0.6) is 0 Å². The molecule has 0 fully saturated rings. The first kappa shape index (κ1) is 14.7. The van der Waals surface area contributed by atoms with Gasteiger partial charge in [0.1, 0.15) is 5.69 Å². The van der Waals surface area contributed by atoms with Crippen LogP contribution in [0.3, 0.4) is 0 Å². The maximum absolute atomic E-state index is 12.5. The molecule has 2 N–H and O–H groups in total. The molecule has 1 amide bonds. The largest absolute Gasteiger partial charge is 0.321 e. The van der Waals surface area contributed by atoms with E-state index in [0.29, 0.717) is 5.69 Å². The van der Waals surface area contributed by atoms with Crippen LogP contribution in [-0.4, -0.2) is 28.6 Å². The van der Waals surface area contributed by atoms with Crippen molar-refractivity contribution in [3.05, 3.63) is 72.1 Å². The first-order chi connectivity index (χ1) is 11.8. The molecule has 0 unspecified atom stereocenters. The zero-order valence-electron chi connectivity index (χ0n) is 13.2. The Kier molecular flexibility index (Phi) is 3.84. The number of amides is 1. The summed E-state index contributed by atoms with van der Waals surface area (Å²) >= 11 is 0. The molecule has 0 saturated heterocycles. The van der Waals surface area contributed by atoms with E-state index in [1.807, 2.05) is 30.3 Å². The number of anilines is 1. The third-order valence-electron chi connectivity index (χ3n) is 4.23. The van der Waals surface area contributed by atoms with Crippen molar-refractivity contribution in [3.8, 4) is 0 Å². The summed E-state index contributed by atoms with van der Waals surface area (Å²) in [4.78, 5) is 12.5. The maximum atomic E-state index is 12.5. The number of hydrogen-bond donors (Lipinski definition) is 2. The Bertz CT molecular complexity index is 909. The molecule has 0 bridgehead atoms. The van der Waals surface area contributed by atoms with Gasteiger partial charge >= 0.3 is 0 Å². The summed E-state index contributed by atoms with van der Waals surface area (Å²) in [6, 6.07) is 15.4. The normalized spacial score (nSPS) is 14.4. The Morgan fingerprint density at radius 1 is 1.12 bits per heavy atom. The number of hydrogen-bond acceptors (Lipinski definition) is 3. The van der Waals surface area contributed by atoms with Gasteiger partial charge in [0.05, 0.1) is 11.7 Å². The van der Waals surface area contributed by atoms with Crippen molar-refractivity contribution in [2.75, 3.05) is 18.4 Å². The highest BCUT2D eigenvalue weighted by molar-refractivity contribution is 6.03. The molecule has 3 aromatic rings. The summed E-state index contributed by atoms with van der Waals surface area (Å²) in [6.45, 7) is 1.93. The van der Waals surface area contributed by atoms with E-state index in [4.69, 9.17) is 0 Å². The predicted octanol–water partition coefficient (Wildman–Crippen LogP) is 2.96. The maximum Gasteiger partial charge on any atom is 0.274 e. The Balaban J connectivity index is 1.54. The van der Waals surface area contributed by atoms with E-state index in [1.54, 1.807) is 16.8 Å². The van der Waals surface area contributed by atoms with E-state index >= 15 is 0 Å². The lowest BCUT2D eigenvalue weighted by Gasteiger charge is -2.14. The lowest BCUT2D eigenvalue weighted by Crippen LogP contribution is -2.20. The van der Waals surface area contributed by atoms with Gasteiger partial charge in [-0.05, 0) is 54.4 Å². The number of nitrogens with one attached hydrogen (secondary N) is 2. The Morgan fingerprint density at radius 2 is 2.00 bits per heavy atom. The van der Waals surface area contributed by atoms with Crippen LogP contribution in [0, 0.1) is 0 Å². The molecule has 2 aromatic heterocycles. The van der Waals surface area contributed by atoms with Crippen molar-refractivity contribution in [3.63, 3.8) is 0 Å². The molecule has 0 atom stereocenters. The van der Waals surface area contributed by atoms with Gasteiger partial charge in [0.25, 0.3) is 5.91 Å². The molecule has 120 valence electrons. The number of benzene rings is 1. The molecule has 24 heavy (non-hydrogen) atoms. The highest BCUT2D eigenvalue weighted by Gasteiger charge is 2.11. The number of carbonyl (C=O) groups is 1. The van der Waals surface area contributed by atoms with Gasteiger partial charge in [-0.1, -0.05) is 24.3 Å². The van der Waals surface area contributed by atoms with Crippen molar-refractivity contribution in [1.29, 1.82) is 0 Å². The Morgan fingerprint density at radius 3 is 2.79 bits per heavy atom. The minimum absolute atomic E-state index is 0.168. The minimum Gasteiger partial charge on any atom is -0.321 e. The van der Waals surface area contributed by atoms with E-state index in [2.05, 4.69) is 33.9 Å². The van der Waals surface area contributed by atoms with Crippen LogP contribution in [-0.2, 0) is 0 Å². The Labute approximate surface area is 140 Å². The van der Waals surface area contributed by atoms with Gasteiger partial charge in [-0.3, -0.25) is 4.79 Å². The lowest BCUT2D eigenvalue weighted by atomic mass is 10.0. The molecular formula is C19H18N4O. The summed E-state index contributed by atoms with van der Waals surface area (Å²) in [6.07, 6.45) is 4.94. The van der Waals surface area contributed by atoms with E-state index in [9.17, 15) is 4.79 Å². The van der Waals surface area contributed by atoms with Crippen LogP contribution < -0.4 is 10.6 Å². The summed E-state index contributed by atoms with van der Waals surface area (Å²) in [5.74, 6) is -0.168. The molecule has 4 rings (SSSR count). The van der Waals surface area contributed by atoms with E-state index in [0.717, 1.165) is 30.7 Å². The first-order valence-corrected chi connectivity index (χ1v) is 8.05. The molecule has 1 aliphatic rings. The fraction of sp³-hybridized carbons (Fsp3) is 0.158. The zero-order chi connectivity index (χ0) is 16.4. The topological polar surface area (TPSA) is 58.4 Å². The van der Waals surface area contributed by atoms with Gasteiger partial charge in [-0.15, -0.1) is 0 Å². The molecule has 0 saturated carbocycles. The third kappa shape index (κ3) is 2.81. The van der Waals surface area contributed by atoms with Crippen LogP contribution >= 0.6 is 0 Å². The average Bonchev–Trinajstić information content (AvgIpc) is 3.12. The van der Waals surface area contributed by atoms with Crippen molar-refractivity contribution in [2.45, 2.75) is 6.42 Å². The van der Waals surface area contributed by atoms with Gasteiger partial charge in [0.15, 0.2) is 0 Å². The fourth-order valence-electron chi connectivity index (χ4n) is 2.97. The fourth-order valence-corrected chi connectivity index (χ4v) is 2.97. The second-order valence-electron chi connectivity index (χ2n) is 5.79. The van der Waals surface area contributed by atoms with Gasteiger partial charge in [0.2, 0.25) is 0 Å². The quantitative estimate of drug-likeness (QED) is 0.780. The molecular weight excluding hydrogens is 300 g/mol. The Hall–Kier alpha value is -2.92. The smallest absolute Gasteiger partial charge is 0.274 e. The highest BCUT2D eigenvalue weighted by atomic mass is 16.2. The predicted molar refractivity (Wildman–Crippen MR) is 95.1 cm³/mol. The summed E-state index contributed by atoms with van der Waals surface area (Å²) in [5, 5.41) is 10.4. The van der Waals surface area contributed by atoms with Crippen LogP contribution in [0.2, 0.25) is 0 Å². The second kappa shape index (κ2) is 6.29. The van der Waals surface area contributed by atoms with Crippen molar-refractivity contribution in [2.24, 2.45) is 0 Å². The van der Waals surface area contributed by atoms with Crippen molar-refractivity contribution < 1.29 is 4.79 Å². The molecule has 5 nitrogen and oxygen atoms in total. The molecule has 1 aliphatic heterocycles. The summed E-state index contributed by atoms with van der Waals surface area (Å²) in [5.41, 5.74) is 4.76. The number of fused-ring (bicyclic) bond motifs is 1. The van der Waals surface area contributed by atoms with Crippen LogP contribution in [0.1, 0.15) is 22.5 Å². The highest BCUT2D eigenvalue weighted by Crippen LogP contribution is 2.21. The van der Waals surface area contributed by atoms with Crippen LogP contribution in [0.4, 0.5) is 5.69 Å². The number of aromatic nitrogens is 2. The van der Waals surface area contributed by atoms with Gasteiger partial charge in [0, 0.05) is 12.2 Å². The average molecular weight is 318 g/mol. The van der Waals surface area contributed by atoms with Crippen molar-refractivity contribution >= 4 is 22.7 Å².